The topological polar surface area (TPSA) is 40.2 Å². The Bertz CT molecular complexity index is 928. The van der Waals surface area contributed by atoms with E-state index < -0.39 is 0 Å². The van der Waals surface area contributed by atoms with Crippen molar-refractivity contribution in [3.05, 3.63) is 64.3 Å². The van der Waals surface area contributed by atoms with Crippen LogP contribution in [0.15, 0.2) is 47.3 Å². The Balaban J connectivity index is 1.89. The lowest BCUT2D eigenvalue weighted by Crippen LogP contribution is -2.18. The van der Waals surface area contributed by atoms with Gasteiger partial charge < -0.3 is 13.7 Å². The number of hydrogen-bond donors (Lipinski definition) is 0. The second-order valence-corrected chi connectivity index (χ2v) is 6.71. The van der Waals surface area contributed by atoms with E-state index in [1.54, 1.807) is 19.6 Å². The van der Waals surface area contributed by atoms with Gasteiger partial charge in [0.1, 0.15) is 16.2 Å². The highest BCUT2D eigenvalue weighted by Crippen LogP contribution is 2.29. The van der Waals surface area contributed by atoms with Gasteiger partial charge in [0.2, 0.25) is 0 Å². The molecule has 0 atom stereocenters. The Hall–Kier alpha value is -2.40. The summed E-state index contributed by atoms with van der Waals surface area (Å²) in [6, 6.07) is 10.00. The van der Waals surface area contributed by atoms with E-state index in [-0.39, 0.29) is 0 Å². The van der Waals surface area contributed by atoms with Crippen LogP contribution in [0.4, 0.5) is 0 Å². The van der Waals surface area contributed by atoms with Gasteiger partial charge in [0.05, 0.1) is 26.2 Å². The first-order valence-corrected chi connectivity index (χ1v) is 8.95. The molecule has 0 saturated heterocycles. The molecule has 1 aliphatic carbocycles. The molecule has 0 saturated carbocycles. The van der Waals surface area contributed by atoms with E-state index in [9.17, 15) is 0 Å². The summed E-state index contributed by atoms with van der Waals surface area (Å²) in [5.41, 5.74) is 4.73. The summed E-state index contributed by atoms with van der Waals surface area (Å²) in [7, 11) is 1.67. The SMILES string of the molecule is COc1ccc(-c2nc(=S)c3c(n2Cc2ccoc2)CCCC3)cc1. The third kappa shape index (κ3) is 3.12. The molecule has 4 rings (SSSR count). The normalized spacial score (nSPS) is 13.5. The summed E-state index contributed by atoms with van der Waals surface area (Å²) in [4.78, 5) is 4.80. The predicted molar refractivity (Wildman–Crippen MR) is 99.5 cm³/mol. The van der Waals surface area contributed by atoms with Gasteiger partial charge in [-0.2, -0.15) is 0 Å². The summed E-state index contributed by atoms with van der Waals surface area (Å²) < 4.78 is 13.6. The number of rotatable bonds is 4. The van der Waals surface area contributed by atoms with E-state index >= 15 is 0 Å². The number of benzene rings is 1. The van der Waals surface area contributed by atoms with Gasteiger partial charge in [0, 0.05) is 22.4 Å². The lowest BCUT2D eigenvalue weighted by molar-refractivity contribution is 0.415. The highest BCUT2D eigenvalue weighted by molar-refractivity contribution is 7.71. The smallest absolute Gasteiger partial charge is 0.142 e. The quantitative estimate of drug-likeness (QED) is 0.632. The fraction of sp³-hybridized carbons (Fsp3) is 0.300. The van der Waals surface area contributed by atoms with E-state index in [0.29, 0.717) is 0 Å². The van der Waals surface area contributed by atoms with Gasteiger partial charge in [-0.05, 0) is 56.0 Å². The Kier molecular flexibility index (Phi) is 4.40. The lowest BCUT2D eigenvalue weighted by Gasteiger charge is -2.24. The molecule has 0 N–H and O–H groups in total. The van der Waals surface area contributed by atoms with Gasteiger partial charge in [0.25, 0.3) is 0 Å². The molecule has 2 aromatic heterocycles. The molecule has 0 radical (unpaired) electrons. The molecule has 0 amide bonds. The van der Waals surface area contributed by atoms with Crippen LogP contribution in [-0.4, -0.2) is 16.7 Å². The van der Waals surface area contributed by atoms with Crippen molar-refractivity contribution in [2.75, 3.05) is 7.11 Å². The molecule has 1 aliphatic rings. The largest absolute Gasteiger partial charge is 0.497 e. The first-order chi connectivity index (χ1) is 12.3. The van der Waals surface area contributed by atoms with Crippen molar-refractivity contribution in [3.63, 3.8) is 0 Å². The van der Waals surface area contributed by atoms with Gasteiger partial charge in [-0.3, -0.25) is 0 Å². The number of aromatic nitrogens is 2. The minimum atomic E-state index is 0.739. The van der Waals surface area contributed by atoms with Crippen LogP contribution in [0.5, 0.6) is 5.75 Å². The van der Waals surface area contributed by atoms with Crippen LogP contribution in [0.25, 0.3) is 11.4 Å². The van der Waals surface area contributed by atoms with Crippen molar-refractivity contribution in [1.29, 1.82) is 0 Å². The van der Waals surface area contributed by atoms with Crippen molar-refractivity contribution in [2.45, 2.75) is 32.2 Å². The number of hydrogen-bond acceptors (Lipinski definition) is 4. The molecule has 3 aromatic rings. The average Bonchev–Trinajstić information content (AvgIpc) is 3.17. The van der Waals surface area contributed by atoms with Crippen LogP contribution in [-0.2, 0) is 19.4 Å². The van der Waals surface area contributed by atoms with Gasteiger partial charge in [-0.25, -0.2) is 4.98 Å². The molecule has 25 heavy (non-hydrogen) atoms. The average molecular weight is 352 g/mol. The number of nitrogens with zero attached hydrogens (tertiary/aromatic N) is 2. The van der Waals surface area contributed by atoms with Gasteiger partial charge in [-0.1, -0.05) is 12.2 Å². The first-order valence-electron chi connectivity index (χ1n) is 8.54. The van der Waals surface area contributed by atoms with Crippen molar-refractivity contribution < 1.29 is 9.15 Å². The van der Waals surface area contributed by atoms with E-state index in [1.807, 2.05) is 30.3 Å². The summed E-state index contributed by atoms with van der Waals surface area (Å²) in [6.07, 6.45) is 7.95. The molecule has 0 fully saturated rings. The number of methoxy groups -OCH3 is 1. The monoisotopic (exact) mass is 352 g/mol. The fourth-order valence-electron chi connectivity index (χ4n) is 3.47. The van der Waals surface area contributed by atoms with E-state index in [1.165, 1.54) is 24.1 Å². The number of ether oxygens (including phenoxy) is 1. The molecule has 5 heteroatoms. The zero-order valence-electron chi connectivity index (χ0n) is 14.2. The number of fused-ring (bicyclic) bond motifs is 1. The molecule has 0 spiro atoms. The van der Waals surface area contributed by atoms with E-state index in [2.05, 4.69) is 4.57 Å². The zero-order valence-corrected chi connectivity index (χ0v) is 15.0. The lowest BCUT2D eigenvalue weighted by atomic mass is 9.96. The summed E-state index contributed by atoms with van der Waals surface area (Å²) >= 11 is 5.61. The molecule has 0 aliphatic heterocycles. The second kappa shape index (κ2) is 6.84. The summed E-state index contributed by atoms with van der Waals surface area (Å²) in [5, 5.41) is 0. The number of furan rings is 1. The van der Waals surface area contributed by atoms with Crippen molar-refractivity contribution >= 4 is 12.2 Å². The highest BCUT2D eigenvalue weighted by Gasteiger charge is 2.19. The molecule has 4 nitrogen and oxygen atoms in total. The molecular formula is C20H20N2O2S. The minimum absolute atomic E-state index is 0.739. The standard InChI is InChI=1S/C20H20N2O2S/c1-23-16-8-6-15(7-9-16)19-21-20(25)17-4-2-3-5-18(17)22(19)12-14-10-11-24-13-14/h6-11,13H,2-5,12H2,1H3. The molecule has 0 bridgehead atoms. The second-order valence-electron chi connectivity index (χ2n) is 6.32. The molecule has 2 heterocycles. The van der Waals surface area contributed by atoms with Gasteiger partial charge in [0.15, 0.2) is 0 Å². The highest BCUT2D eigenvalue weighted by atomic mass is 32.1. The van der Waals surface area contributed by atoms with E-state index in [0.717, 1.165) is 46.7 Å². The molecular weight excluding hydrogens is 332 g/mol. The van der Waals surface area contributed by atoms with Gasteiger partial charge in [-0.15, -0.1) is 0 Å². The molecule has 1 aromatic carbocycles. The van der Waals surface area contributed by atoms with Crippen LogP contribution < -0.4 is 4.74 Å². The predicted octanol–water partition coefficient (Wildman–Crippen LogP) is 4.81. The Labute approximate surface area is 152 Å². The van der Waals surface area contributed by atoms with Crippen LogP contribution in [0, 0.1) is 4.64 Å². The van der Waals surface area contributed by atoms with Crippen LogP contribution in [0.2, 0.25) is 0 Å². The Morgan fingerprint density at radius 2 is 1.96 bits per heavy atom. The molecule has 128 valence electrons. The fourth-order valence-corrected chi connectivity index (χ4v) is 3.77. The summed E-state index contributed by atoms with van der Waals surface area (Å²) in [5.74, 6) is 1.75. The molecule has 0 unspecified atom stereocenters. The van der Waals surface area contributed by atoms with Crippen LogP contribution >= 0.6 is 12.2 Å². The third-order valence-electron chi connectivity index (χ3n) is 4.75. The maximum atomic E-state index is 5.61. The Morgan fingerprint density at radius 1 is 1.16 bits per heavy atom. The van der Waals surface area contributed by atoms with Crippen LogP contribution in [0.3, 0.4) is 0 Å². The van der Waals surface area contributed by atoms with Crippen molar-refractivity contribution in [1.82, 2.24) is 9.55 Å². The van der Waals surface area contributed by atoms with Crippen molar-refractivity contribution in [2.24, 2.45) is 0 Å². The maximum absolute atomic E-state index is 5.61. The van der Waals surface area contributed by atoms with Gasteiger partial charge >= 0.3 is 0 Å². The minimum Gasteiger partial charge on any atom is -0.497 e. The van der Waals surface area contributed by atoms with E-state index in [4.69, 9.17) is 26.4 Å². The van der Waals surface area contributed by atoms with Crippen LogP contribution in [0.1, 0.15) is 29.7 Å². The zero-order chi connectivity index (χ0) is 17.2. The summed E-state index contributed by atoms with van der Waals surface area (Å²) in [6.45, 7) is 0.739. The Morgan fingerprint density at radius 3 is 2.68 bits per heavy atom. The van der Waals surface area contributed by atoms with Crippen molar-refractivity contribution in [3.8, 4) is 17.1 Å². The first kappa shape index (κ1) is 16.1. The maximum Gasteiger partial charge on any atom is 0.142 e. The third-order valence-corrected chi connectivity index (χ3v) is 5.09.